The van der Waals surface area contributed by atoms with Gasteiger partial charge in [0.2, 0.25) is 0 Å². The molecule has 1 atom stereocenters. The van der Waals surface area contributed by atoms with E-state index in [1.807, 2.05) is 24.3 Å². The van der Waals surface area contributed by atoms with Crippen molar-refractivity contribution in [2.75, 3.05) is 10.6 Å². The Kier molecular flexibility index (Phi) is 5.04. The minimum absolute atomic E-state index is 0.127. The number of hydrogen-bond donors (Lipinski definition) is 2. The molecule has 0 radical (unpaired) electrons. The van der Waals surface area contributed by atoms with Gasteiger partial charge < -0.3 is 10.6 Å². The zero-order valence-electron chi connectivity index (χ0n) is 13.7. The minimum atomic E-state index is -0.348. The fourth-order valence-electron chi connectivity index (χ4n) is 2.42. The number of hydrogen-bond acceptors (Lipinski definition) is 3. The topological polar surface area (TPSA) is 54.0 Å². The van der Waals surface area contributed by atoms with Crippen molar-refractivity contribution in [1.29, 1.82) is 0 Å². The van der Waals surface area contributed by atoms with E-state index >= 15 is 0 Å². The predicted molar refractivity (Wildman–Crippen MR) is 97.1 cm³/mol. The van der Waals surface area contributed by atoms with Gasteiger partial charge in [-0.25, -0.2) is 9.37 Å². The van der Waals surface area contributed by atoms with E-state index in [1.165, 1.54) is 29.8 Å². The summed E-state index contributed by atoms with van der Waals surface area (Å²) < 4.78 is 12.9. The standard InChI is InChI=1S/C20H18FN3O/c1-14(15-5-3-2-4-6-15)23-18-11-12-19(22-13-18)20(25)24-17-9-7-16(21)8-10-17/h2-14,23H,1H3,(H,24,25). The van der Waals surface area contributed by atoms with Crippen molar-refractivity contribution in [2.24, 2.45) is 0 Å². The first-order valence-corrected chi connectivity index (χ1v) is 7.96. The Bertz CT molecular complexity index is 833. The maximum absolute atomic E-state index is 12.9. The Balaban J connectivity index is 1.63. The summed E-state index contributed by atoms with van der Waals surface area (Å²) in [5.74, 6) is -0.687. The highest BCUT2D eigenvalue weighted by atomic mass is 19.1. The molecule has 0 aliphatic rings. The number of nitrogens with one attached hydrogen (secondary N) is 2. The quantitative estimate of drug-likeness (QED) is 0.714. The largest absolute Gasteiger partial charge is 0.377 e. The van der Waals surface area contributed by atoms with Crippen molar-refractivity contribution in [1.82, 2.24) is 4.98 Å². The summed E-state index contributed by atoms with van der Waals surface area (Å²) >= 11 is 0. The summed E-state index contributed by atoms with van der Waals surface area (Å²) in [5.41, 5.74) is 2.81. The van der Waals surface area contributed by atoms with Crippen LogP contribution >= 0.6 is 0 Å². The molecular weight excluding hydrogens is 317 g/mol. The lowest BCUT2D eigenvalue weighted by molar-refractivity contribution is 0.102. The Labute approximate surface area is 145 Å². The van der Waals surface area contributed by atoms with Crippen molar-refractivity contribution in [3.63, 3.8) is 0 Å². The predicted octanol–water partition coefficient (Wildman–Crippen LogP) is 4.65. The Morgan fingerprint density at radius 1 is 0.960 bits per heavy atom. The lowest BCUT2D eigenvalue weighted by Gasteiger charge is -2.15. The molecule has 5 heteroatoms. The van der Waals surface area contributed by atoms with Crippen molar-refractivity contribution >= 4 is 17.3 Å². The number of nitrogens with zero attached hydrogens (tertiary/aromatic N) is 1. The van der Waals surface area contributed by atoms with Gasteiger partial charge in [-0.05, 0) is 48.9 Å². The molecule has 1 amide bonds. The highest BCUT2D eigenvalue weighted by molar-refractivity contribution is 6.02. The Morgan fingerprint density at radius 2 is 1.64 bits per heavy atom. The fourth-order valence-corrected chi connectivity index (χ4v) is 2.42. The van der Waals surface area contributed by atoms with Crippen LogP contribution in [0.1, 0.15) is 29.0 Å². The molecule has 1 unspecified atom stereocenters. The van der Waals surface area contributed by atoms with E-state index in [4.69, 9.17) is 0 Å². The van der Waals surface area contributed by atoms with Gasteiger partial charge >= 0.3 is 0 Å². The van der Waals surface area contributed by atoms with Gasteiger partial charge in [-0.3, -0.25) is 4.79 Å². The van der Waals surface area contributed by atoms with Crippen LogP contribution in [0.15, 0.2) is 72.9 Å². The van der Waals surface area contributed by atoms with E-state index < -0.39 is 0 Å². The van der Waals surface area contributed by atoms with Crippen LogP contribution in [-0.2, 0) is 0 Å². The summed E-state index contributed by atoms with van der Waals surface area (Å²) in [6.07, 6.45) is 1.62. The monoisotopic (exact) mass is 335 g/mol. The van der Waals surface area contributed by atoms with E-state index in [1.54, 1.807) is 12.3 Å². The third kappa shape index (κ3) is 4.41. The van der Waals surface area contributed by atoms with Crippen LogP contribution in [0.2, 0.25) is 0 Å². The van der Waals surface area contributed by atoms with Gasteiger partial charge in [0.25, 0.3) is 5.91 Å². The third-order valence-corrected chi connectivity index (χ3v) is 3.78. The normalized spacial score (nSPS) is 11.6. The zero-order chi connectivity index (χ0) is 17.6. The lowest BCUT2D eigenvalue weighted by Crippen LogP contribution is -2.14. The molecule has 0 saturated heterocycles. The molecule has 2 N–H and O–H groups in total. The van der Waals surface area contributed by atoms with Crippen molar-refractivity contribution in [2.45, 2.75) is 13.0 Å². The van der Waals surface area contributed by atoms with Gasteiger partial charge in [-0.2, -0.15) is 0 Å². The molecule has 1 aromatic heterocycles. The highest BCUT2D eigenvalue weighted by Crippen LogP contribution is 2.18. The van der Waals surface area contributed by atoms with Gasteiger partial charge in [0, 0.05) is 11.7 Å². The Hall–Kier alpha value is -3.21. The van der Waals surface area contributed by atoms with Crippen molar-refractivity contribution in [3.05, 3.63) is 90.0 Å². The fraction of sp³-hybridized carbons (Fsp3) is 0.100. The zero-order valence-corrected chi connectivity index (χ0v) is 13.7. The molecule has 0 saturated carbocycles. The van der Waals surface area contributed by atoms with E-state index in [0.717, 1.165) is 5.69 Å². The molecule has 3 rings (SSSR count). The first-order chi connectivity index (χ1) is 12.1. The van der Waals surface area contributed by atoms with Gasteiger partial charge in [0.1, 0.15) is 11.5 Å². The molecule has 0 bridgehead atoms. The third-order valence-electron chi connectivity index (χ3n) is 3.78. The molecular formula is C20H18FN3O. The van der Waals surface area contributed by atoms with Crippen molar-refractivity contribution < 1.29 is 9.18 Å². The van der Waals surface area contributed by atoms with Gasteiger partial charge in [-0.1, -0.05) is 30.3 Å². The first kappa shape index (κ1) is 16.6. The minimum Gasteiger partial charge on any atom is -0.377 e. The number of amides is 1. The van der Waals surface area contributed by atoms with Crippen molar-refractivity contribution in [3.8, 4) is 0 Å². The maximum Gasteiger partial charge on any atom is 0.274 e. The molecule has 0 aliphatic heterocycles. The molecule has 2 aromatic carbocycles. The SMILES string of the molecule is CC(Nc1ccc(C(=O)Nc2ccc(F)cc2)nc1)c1ccccc1. The summed E-state index contributed by atoms with van der Waals surface area (Å²) in [7, 11) is 0. The van der Waals surface area contributed by atoms with E-state index in [-0.39, 0.29) is 17.8 Å². The van der Waals surface area contributed by atoms with Crippen LogP contribution in [0.25, 0.3) is 0 Å². The molecule has 4 nitrogen and oxygen atoms in total. The van der Waals surface area contributed by atoms with Crippen LogP contribution in [0.3, 0.4) is 0 Å². The number of halogens is 1. The smallest absolute Gasteiger partial charge is 0.274 e. The van der Waals surface area contributed by atoms with Gasteiger partial charge in [0.05, 0.1) is 11.9 Å². The number of benzene rings is 2. The summed E-state index contributed by atoms with van der Waals surface area (Å²) in [6.45, 7) is 2.06. The highest BCUT2D eigenvalue weighted by Gasteiger charge is 2.09. The molecule has 0 spiro atoms. The summed E-state index contributed by atoms with van der Waals surface area (Å²) in [6, 6.07) is 19.3. The van der Waals surface area contributed by atoms with Gasteiger partial charge in [-0.15, -0.1) is 0 Å². The first-order valence-electron chi connectivity index (χ1n) is 7.96. The van der Waals surface area contributed by atoms with Crippen LogP contribution < -0.4 is 10.6 Å². The number of anilines is 2. The number of pyridine rings is 1. The van der Waals surface area contributed by atoms with Crippen LogP contribution in [0.5, 0.6) is 0 Å². The Morgan fingerprint density at radius 3 is 2.28 bits per heavy atom. The average Bonchev–Trinajstić information content (AvgIpc) is 2.65. The second-order valence-corrected chi connectivity index (χ2v) is 5.67. The van der Waals surface area contributed by atoms with Crippen LogP contribution in [-0.4, -0.2) is 10.9 Å². The molecule has 25 heavy (non-hydrogen) atoms. The summed E-state index contributed by atoms with van der Waals surface area (Å²) in [5, 5.41) is 6.03. The summed E-state index contributed by atoms with van der Waals surface area (Å²) in [4.78, 5) is 16.4. The molecule has 1 heterocycles. The number of carbonyl (C=O) groups excluding carboxylic acids is 1. The van der Waals surface area contributed by atoms with E-state index in [2.05, 4.69) is 34.7 Å². The molecule has 126 valence electrons. The van der Waals surface area contributed by atoms with Gasteiger partial charge in [0.15, 0.2) is 0 Å². The van der Waals surface area contributed by atoms with Crippen LogP contribution in [0.4, 0.5) is 15.8 Å². The molecule has 0 aliphatic carbocycles. The second-order valence-electron chi connectivity index (χ2n) is 5.67. The maximum atomic E-state index is 12.9. The number of aromatic nitrogens is 1. The van der Waals surface area contributed by atoms with E-state index in [9.17, 15) is 9.18 Å². The molecule has 3 aromatic rings. The second kappa shape index (κ2) is 7.57. The molecule has 0 fully saturated rings. The number of rotatable bonds is 5. The van der Waals surface area contributed by atoms with Crippen LogP contribution in [0, 0.1) is 5.82 Å². The number of carbonyl (C=O) groups is 1. The average molecular weight is 335 g/mol. The van der Waals surface area contributed by atoms with E-state index in [0.29, 0.717) is 11.4 Å². The lowest BCUT2D eigenvalue weighted by atomic mass is 10.1.